The van der Waals surface area contributed by atoms with E-state index < -0.39 is 0 Å². The zero-order valence-electron chi connectivity index (χ0n) is 25.9. The van der Waals surface area contributed by atoms with Gasteiger partial charge in [-0.3, -0.25) is 0 Å². The average Bonchev–Trinajstić information content (AvgIpc) is 2.99. The van der Waals surface area contributed by atoms with Crippen molar-refractivity contribution in [1.29, 1.82) is 0 Å². The third-order valence-electron chi connectivity index (χ3n) is 8.67. The lowest BCUT2D eigenvalue weighted by atomic mass is 9.86. The molecule has 7 rings (SSSR count). The van der Waals surface area contributed by atoms with Crippen LogP contribution >= 0.6 is 31.9 Å². The van der Waals surface area contributed by atoms with E-state index in [0.717, 1.165) is 74.8 Å². The van der Waals surface area contributed by atoms with Gasteiger partial charge in [-0.05, 0) is 80.3 Å². The Labute approximate surface area is 275 Å². The van der Waals surface area contributed by atoms with Crippen molar-refractivity contribution in [2.24, 2.45) is 0 Å². The Morgan fingerprint density at radius 1 is 0.432 bits per heavy atom. The Bertz CT molecular complexity index is 2080. The fourth-order valence-electron chi connectivity index (χ4n) is 6.09. The molecule has 0 aliphatic carbocycles. The minimum absolute atomic E-state index is 0.0824. The van der Waals surface area contributed by atoms with Crippen molar-refractivity contribution in [3.63, 3.8) is 0 Å². The highest BCUT2D eigenvalue weighted by Gasteiger charge is 2.20. The number of nitrogens with zero attached hydrogens (tertiary/aromatic N) is 2. The Kier molecular flexibility index (Phi) is 6.95. The molecular formula is C40H34Br2N2. The van der Waals surface area contributed by atoms with Crippen molar-refractivity contribution in [2.75, 3.05) is 0 Å². The molecule has 0 unspecified atom stereocenters. The number of rotatable bonds is 2. The summed E-state index contributed by atoms with van der Waals surface area (Å²) in [7, 11) is 0. The molecule has 0 bridgehead atoms. The molecule has 0 aliphatic heterocycles. The zero-order chi connectivity index (χ0) is 31.0. The van der Waals surface area contributed by atoms with E-state index in [1.807, 2.05) is 0 Å². The summed E-state index contributed by atoms with van der Waals surface area (Å²) in [5.41, 5.74) is 10.9. The summed E-state index contributed by atoms with van der Waals surface area (Å²) < 4.78 is 2.05. The van der Waals surface area contributed by atoms with Gasteiger partial charge < -0.3 is 0 Å². The summed E-state index contributed by atoms with van der Waals surface area (Å²) in [5, 5.41) is 4.45. The Hall–Kier alpha value is -3.60. The van der Waals surface area contributed by atoms with Crippen molar-refractivity contribution in [2.45, 2.75) is 52.4 Å². The van der Waals surface area contributed by atoms with Crippen LogP contribution in [0.4, 0.5) is 0 Å². The molecule has 1 heterocycles. The minimum Gasteiger partial charge on any atom is -0.243 e. The molecule has 0 radical (unpaired) electrons. The van der Waals surface area contributed by atoms with Crippen LogP contribution in [0.15, 0.2) is 106 Å². The smallest absolute Gasteiger partial charge is 0.0979 e. The maximum Gasteiger partial charge on any atom is 0.0979 e. The third-order valence-corrected chi connectivity index (χ3v) is 9.66. The summed E-state index contributed by atoms with van der Waals surface area (Å²) in [6.45, 7) is 13.5. The predicted octanol–water partition coefficient (Wildman–Crippen LogP) is 12.5. The summed E-state index contributed by atoms with van der Waals surface area (Å²) in [4.78, 5) is 11.0. The van der Waals surface area contributed by atoms with E-state index >= 15 is 0 Å². The van der Waals surface area contributed by atoms with Crippen LogP contribution in [0.2, 0.25) is 0 Å². The molecule has 218 valence electrons. The minimum atomic E-state index is 0.0824. The number of benzene rings is 6. The molecule has 0 N–H and O–H groups in total. The monoisotopic (exact) mass is 700 g/mol. The highest BCUT2D eigenvalue weighted by molar-refractivity contribution is 9.10. The summed E-state index contributed by atoms with van der Waals surface area (Å²) in [5.74, 6) is 0. The molecular weight excluding hydrogens is 668 g/mol. The van der Waals surface area contributed by atoms with E-state index in [4.69, 9.17) is 9.97 Å². The number of hydrogen-bond acceptors (Lipinski definition) is 2. The van der Waals surface area contributed by atoms with Gasteiger partial charge in [0, 0.05) is 30.8 Å². The first kappa shape index (κ1) is 29.1. The Balaban J connectivity index is 1.60. The second-order valence-electron chi connectivity index (χ2n) is 13.9. The van der Waals surface area contributed by atoms with Gasteiger partial charge in [0.1, 0.15) is 0 Å². The van der Waals surface area contributed by atoms with Gasteiger partial charge in [0.25, 0.3) is 0 Å². The van der Waals surface area contributed by atoms with Crippen LogP contribution in [0.3, 0.4) is 0 Å². The van der Waals surface area contributed by atoms with E-state index in [9.17, 15) is 0 Å². The lowest BCUT2D eigenvalue weighted by Gasteiger charge is -2.20. The van der Waals surface area contributed by atoms with Crippen LogP contribution in [0, 0.1) is 0 Å². The first-order chi connectivity index (χ1) is 20.9. The number of aromatic nitrogens is 2. The molecule has 44 heavy (non-hydrogen) atoms. The second-order valence-corrected chi connectivity index (χ2v) is 15.7. The van der Waals surface area contributed by atoms with Crippen LogP contribution in [0.5, 0.6) is 0 Å². The van der Waals surface area contributed by atoms with Gasteiger partial charge in [-0.2, -0.15) is 0 Å². The van der Waals surface area contributed by atoms with Crippen LogP contribution in [0.1, 0.15) is 52.7 Å². The SMILES string of the molecule is CC(C)(C)c1ccc(-c2cc3ccc(Br)cc3c3nc4c(nc23)c(-c2ccc(C(C)(C)C)cc2)cc2ccc(Br)cc24)cc1. The van der Waals surface area contributed by atoms with E-state index in [1.165, 1.54) is 11.1 Å². The second kappa shape index (κ2) is 10.5. The van der Waals surface area contributed by atoms with Gasteiger partial charge in [0.05, 0.1) is 22.1 Å². The van der Waals surface area contributed by atoms with E-state index in [-0.39, 0.29) is 10.8 Å². The fourth-order valence-corrected chi connectivity index (χ4v) is 6.82. The summed E-state index contributed by atoms with van der Waals surface area (Å²) in [6, 6.07) is 35.3. The van der Waals surface area contributed by atoms with Crippen molar-refractivity contribution in [3.8, 4) is 22.3 Å². The summed E-state index contributed by atoms with van der Waals surface area (Å²) in [6.07, 6.45) is 0. The zero-order valence-corrected chi connectivity index (χ0v) is 29.1. The Morgan fingerprint density at radius 3 is 1.16 bits per heavy atom. The van der Waals surface area contributed by atoms with E-state index in [0.29, 0.717) is 0 Å². The van der Waals surface area contributed by atoms with E-state index in [2.05, 4.69) is 170 Å². The van der Waals surface area contributed by atoms with Gasteiger partial charge in [-0.15, -0.1) is 0 Å². The average molecular weight is 703 g/mol. The van der Waals surface area contributed by atoms with Gasteiger partial charge in [-0.1, -0.05) is 134 Å². The van der Waals surface area contributed by atoms with Gasteiger partial charge in [-0.25, -0.2) is 9.97 Å². The maximum absolute atomic E-state index is 5.54. The highest BCUT2D eigenvalue weighted by Crippen LogP contribution is 2.40. The first-order valence-electron chi connectivity index (χ1n) is 15.0. The number of hydrogen-bond donors (Lipinski definition) is 0. The van der Waals surface area contributed by atoms with Crippen molar-refractivity contribution in [3.05, 3.63) is 117 Å². The third kappa shape index (κ3) is 5.12. The molecule has 0 atom stereocenters. The number of halogens is 2. The fraction of sp³-hybridized carbons (Fsp3) is 0.200. The molecule has 0 saturated carbocycles. The largest absolute Gasteiger partial charge is 0.243 e. The lowest BCUT2D eigenvalue weighted by molar-refractivity contribution is 0.590. The maximum atomic E-state index is 5.54. The van der Waals surface area contributed by atoms with Gasteiger partial charge >= 0.3 is 0 Å². The molecule has 1 aromatic heterocycles. The standard InChI is InChI=1S/C40H34Br2N2/c1-39(2,3)27-13-7-23(8-14-27)31-19-25-11-17-29(41)21-33(25)37-35(31)43-36-32(24-9-15-28(16-10-24)40(4,5)6)20-26-12-18-30(42)22-34(26)38(36)44-37/h7-22H,1-6H3. The summed E-state index contributed by atoms with van der Waals surface area (Å²) >= 11 is 7.43. The molecule has 7 aromatic rings. The number of fused-ring (bicyclic) bond motifs is 6. The van der Waals surface area contributed by atoms with Crippen molar-refractivity contribution in [1.82, 2.24) is 9.97 Å². The van der Waals surface area contributed by atoms with Crippen molar-refractivity contribution < 1.29 is 0 Å². The first-order valence-corrected chi connectivity index (χ1v) is 16.6. The molecule has 0 fully saturated rings. The normalized spacial score (nSPS) is 12.5. The molecule has 0 spiro atoms. The predicted molar refractivity (Wildman–Crippen MR) is 196 cm³/mol. The van der Waals surface area contributed by atoms with Gasteiger partial charge in [0.15, 0.2) is 0 Å². The van der Waals surface area contributed by atoms with Crippen LogP contribution in [0.25, 0.3) is 65.9 Å². The van der Waals surface area contributed by atoms with Crippen LogP contribution in [-0.4, -0.2) is 9.97 Å². The van der Waals surface area contributed by atoms with Crippen molar-refractivity contribution >= 4 is 75.5 Å². The van der Waals surface area contributed by atoms with E-state index in [1.54, 1.807) is 0 Å². The molecule has 0 saturated heterocycles. The molecule has 6 aromatic carbocycles. The highest BCUT2D eigenvalue weighted by atomic mass is 79.9. The Morgan fingerprint density at radius 2 is 0.795 bits per heavy atom. The molecule has 4 heteroatoms. The van der Waals surface area contributed by atoms with Crippen LogP contribution in [-0.2, 0) is 10.8 Å². The lowest BCUT2D eigenvalue weighted by Crippen LogP contribution is -2.10. The molecule has 2 nitrogen and oxygen atoms in total. The van der Waals surface area contributed by atoms with Gasteiger partial charge in [0.2, 0.25) is 0 Å². The molecule has 0 amide bonds. The molecule has 0 aliphatic rings. The quantitative estimate of drug-likeness (QED) is 0.132. The van der Waals surface area contributed by atoms with Crippen LogP contribution < -0.4 is 0 Å². The topological polar surface area (TPSA) is 25.8 Å².